The molecular formula is C17H22N2O2. The highest BCUT2D eigenvalue weighted by Crippen LogP contribution is 2.24. The third-order valence-corrected chi connectivity index (χ3v) is 4.54. The number of carbonyl (C=O) groups excluding carboxylic acids is 2. The molecule has 3 rings (SSSR count). The number of hydrogen-bond donors (Lipinski definition) is 0. The molecule has 2 fully saturated rings. The molecule has 1 unspecified atom stereocenters. The molecule has 2 aliphatic heterocycles. The Bertz CT molecular complexity index is 509. The Labute approximate surface area is 125 Å². The van der Waals surface area contributed by atoms with Crippen molar-refractivity contribution < 1.29 is 9.59 Å². The minimum Gasteiger partial charge on any atom is -0.311 e. The van der Waals surface area contributed by atoms with E-state index in [0.29, 0.717) is 19.4 Å². The number of benzene rings is 1. The van der Waals surface area contributed by atoms with E-state index in [1.54, 1.807) is 4.90 Å². The molecular weight excluding hydrogens is 264 g/mol. The van der Waals surface area contributed by atoms with Crippen LogP contribution in [0.1, 0.15) is 25.7 Å². The Morgan fingerprint density at radius 1 is 1.00 bits per heavy atom. The highest BCUT2D eigenvalue weighted by Gasteiger charge is 2.35. The van der Waals surface area contributed by atoms with Gasteiger partial charge in [0.05, 0.1) is 5.92 Å². The zero-order valence-electron chi connectivity index (χ0n) is 12.3. The van der Waals surface area contributed by atoms with Gasteiger partial charge in [-0.3, -0.25) is 9.59 Å². The highest BCUT2D eigenvalue weighted by atomic mass is 16.2. The monoisotopic (exact) mass is 286 g/mol. The van der Waals surface area contributed by atoms with Gasteiger partial charge in [-0.2, -0.15) is 0 Å². The number of likely N-dealkylation sites (tertiary alicyclic amines) is 1. The lowest BCUT2D eigenvalue weighted by atomic mass is 9.91. The van der Waals surface area contributed by atoms with Crippen LogP contribution in [0.5, 0.6) is 0 Å². The maximum Gasteiger partial charge on any atom is 0.237 e. The number of nitrogens with zero attached hydrogens (tertiary/aromatic N) is 2. The average molecular weight is 286 g/mol. The topological polar surface area (TPSA) is 40.6 Å². The van der Waals surface area contributed by atoms with E-state index in [0.717, 1.165) is 25.3 Å². The van der Waals surface area contributed by atoms with Crippen molar-refractivity contribution >= 4 is 17.4 Å². The predicted molar refractivity (Wildman–Crippen MR) is 82.2 cm³/mol. The Hall–Kier alpha value is -1.68. The van der Waals surface area contributed by atoms with Crippen LogP contribution in [0, 0.1) is 5.92 Å². The molecule has 0 bridgehead atoms. The smallest absolute Gasteiger partial charge is 0.237 e. The maximum absolute atomic E-state index is 12.6. The van der Waals surface area contributed by atoms with E-state index in [-0.39, 0.29) is 11.7 Å². The maximum atomic E-state index is 12.6. The Kier molecular flexibility index (Phi) is 4.34. The van der Waals surface area contributed by atoms with Crippen molar-refractivity contribution in [2.24, 2.45) is 5.92 Å². The highest BCUT2D eigenvalue weighted by molar-refractivity contribution is 6.11. The molecule has 1 aromatic carbocycles. The number of anilines is 1. The van der Waals surface area contributed by atoms with Gasteiger partial charge in [0.2, 0.25) is 5.91 Å². The second-order valence-electron chi connectivity index (χ2n) is 5.93. The molecule has 1 atom stereocenters. The standard InChI is InChI=1S/C17H22N2O2/c20-16-9-13-19(14-6-2-1-3-7-14)17(21)15(16)8-12-18-10-4-5-11-18/h1-3,6-7,15H,4-5,8-13H2. The molecule has 1 amide bonds. The van der Waals surface area contributed by atoms with Crippen LogP contribution in [0.25, 0.3) is 0 Å². The third-order valence-electron chi connectivity index (χ3n) is 4.54. The van der Waals surface area contributed by atoms with Crippen molar-refractivity contribution in [3.8, 4) is 0 Å². The van der Waals surface area contributed by atoms with Crippen molar-refractivity contribution in [2.75, 3.05) is 31.1 Å². The molecule has 4 heteroatoms. The summed E-state index contributed by atoms with van der Waals surface area (Å²) in [6, 6.07) is 9.67. The SMILES string of the molecule is O=C1CCN(c2ccccc2)C(=O)C1CCN1CCCC1. The van der Waals surface area contributed by atoms with E-state index in [1.165, 1.54) is 12.8 Å². The summed E-state index contributed by atoms with van der Waals surface area (Å²) in [5.41, 5.74) is 0.904. The minimum atomic E-state index is -0.445. The lowest BCUT2D eigenvalue weighted by molar-refractivity contribution is -0.135. The Balaban J connectivity index is 1.67. The second kappa shape index (κ2) is 6.39. The van der Waals surface area contributed by atoms with Crippen LogP contribution in [-0.2, 0) is 9.59 Å². The van der Waals surface area contributed by atoms with Crippen LogP contribution in [-0.4, -0.2) is 42.8 Å². The number of carbonyl (C=O) groups is 2. The van der Waals surface area contributed by atoms with Crippen LogP contribution in [0.15, 0.2) is 30.3 Å². The molecule has 112 valence electrons. The van der Waals surface area contributed by atoms with Gasteiger partial charge in [0.1, 0.15) is 5.78 Å². The first kappa shape index (κ1) is 14.3. The zero-order chi connectivity index (χ0) is 14.7. The minimum absolute atomic E-state index is 0.0170. The quantitative estimate of drug-likeness (QED) is 0.796. The predicted octanol–water partition coefficient (Wildman–Crippen LogP) is 2.09. The van der Waals surface area contributed by atoms with Crippen molar-refractivity contribution in [1.29, 1.82) is 0 Å². The number of amides is 1. The first-order valence-electron chi connectivity index (χ1n) is 7.87. The number of ketones is 1. The summed E-state index contributed by atoms with van der Waals surface area (Å²) >= 11 is 0. The summed E-state index contributed by atoms with van der Waals surface area (Å²) in [7, 11) is 0. The van der Waals surface area contributed by atoms with Gasteiger partial charge < -0.3 is 9.80 Å². The van der Waals surface area contributed by atoms with Gasteiger partial charge in [0.25, 0.3) is 0 Å². The average Bonchev–Trinajstić information content (AvgIpc) is 3.01. The molecule has 21 heavy (non-hydrogen) atoms. The van der Waals surface area contributed by atoms with Gasteiger partial charge in [0, 0.05) is 18.7 Å². The summed E-state index contributed by atoms with van der Waals surface area (Å²) < 4.78 is 0. The molecule has 2 saturated heterocycles. The molecule has 2 heterocycles. The molecule has 4 nitrogen and oxygen atoms in total. The fourth-order valence-electron chi connectivity index (χ4n) is 3.30. The van der Waals surface area contributed by atoms with Gasteiger partial charge >= 0.3 is 0 Å². The summed E-state index contributed by atoms with van der Waals surface area (Å²) in [4.78, 5) is 28.9. The molecule has 0 radical (unpaired) electrons. The van der Waals surface area contributed by atoms with Crippen LogP contribution >= 0.6 is 0 Å². The van der Waals surface area contributed by atoms with E-state index in [4.69, 9.17) is 0 Å². The van der Waals surface area contributed by atoms with E-state index >= 15 is 0 Å². The lowest BCUT2D eigenvalue weighted by Gasteiger charge is -2.32. The number of hydrogen-bond acceptors (Lipinski definition) is 3. The molecule has 0 aliphatic carbocycles. The van der Waals surface area contributed by atoms with Crippen molar-refractivity contribution in [3.05, 3.63) is 30.3 Å². The molecule has 0 N–H and O–H groups in total. The number of piperidine rings is 1. The largest absolute Gasteiger partial charge is 0.311 e. The van der Waals surface area contributed by atoms with E-state index in [9.17, 15) is 9.59 Å². The Morgan fingerprint density at radius 2 is 1.71 bits per heavy atom. The van der Waals surface area contributed by atoms with Crippen LogP contribution in [0.3, 0.4) is 0 Å². The third kappa shape index (κ3) is 3.16. The lowest BCUT2D eigenvalue weighted by Crippen LogP contribution is -2.47. The van der Waals surface area contributed by atoms with Crippen molar-refractivity contribution in [2.45, 2.75) is 25.7 Å². The number of Topliss-reactive ketones (excluding diaryl/α,β-unsaturated/α-hetero) is 1. The molecule has 1 aromatic rings. The van der Waals surface area contributed by atoms with E-state index in [1.807, 2.05) is 30.3 Å². The second-order valence-corrected chi connectivity index (χ2v) is 5.93. The summed E-state index contributed by atoms with van der Waals surface area (Å²) in [5.74, 6) is -0.345. The van der Waals surface area contributed by atoms with E-state index in [2.05, 4.69) is 4.90 Å². The fourth-order valence-corrected chi connectivity index (χ4v) is 3.30. The summed E-state index contributed by atoms with van der Waals surface area (Å²) in [6.45, 7) is 3.60. The first-order valence-corrected chi connectivity index (χ1v) is 7.87. The van der Waals surface area contributed by atoms with Gasteiger partial charge in [-0.25, -0.2) is 0 Å². The number of para-hydroxylation sites is 1. The van der Waals surface area contributed by atoms with Crippen LogP contribution in [0.4, 0.5) is 5.69 Å². The van der Waals surface area contributed by atoms with Crippen molar-refractivity contribution in [3.63, 3.8) is 0 Å². The van der Waals surface area contributed by atoms with Gasteiger partial charge in [-0.05, 0) is 51.0 Å². The summed E-state index contributed by atoms with van der Waals surface area (Å²) in [6.07, 6.45) is 3.62. The number of rotatable bonds is 4. The van der Waals surface area contributed by atoms with Gasteiger partial charge in [0.15, 0.2) is 0 Å². The van der Waals surface area contributed by atoms with Gasteiger partial charge in [-0.1, -0.05) is 18.2 Å². The zero-order valence-corrected chi connectivity index (χ0v) is 12.3. The molecule has 2 aliphatic rings. The summed E-state index contributed by atoms with van der Waals surface area (Å²) in [5, 5.41) is 0. The molecule has 0 spiro atoms. The first-order chi connectivity index (χ1) is 10.3. The normalized spacial score (nSPS) is 23.8. The van der Waals surface area contributed by atoms with Crippen LogP contribution in [0.2, 0.25) is 0 Å². The fraction of sp³-hybridized carbons (Fsp3) is 0.529. The Morgan fingerprint density at radius 3 is 2.43 bits per heavy atom. The molecule has 0 aromatic heterocycles. The van der Waals surface area contributed by atoms with E-state index < -0.39 is 5.92 Å². The van der Waals surface area contributed by atoms with Crippen LogP contribution < -0.4 is 4.90 Å². The molecule has 0 saturated carbocycles. The van der Waals surface area contributed by atoms with Gasteiger partial charge in [-0.15, -0.1) is 0 Å². The van der Waals surface area contributed by atoms with Crippen molar-refractivity contribution in [1.82, 2.24) is 4.90 Å².